The second-order valence-corrected chi connectivity index (χ2v) is 8.83. The van der Waals surface area contributed by atoms with E-state index in [1.165, 1.54) is 12.2 Å². The third kappa shape index (κ3) is 6.07. The molecule has 0 saturated heterocycles. The van der Waals surface area contributed by atoms with E-state index in [2.05, 4.69) is 5.32 Å². The van der Waals surface area contributed by atoms with Crippen LogP contribution in [-0.4, -0.2) is 59.3 Å². The molecule has 0 spiro atoms. The molecule has 1 aromatic carbocycles. The van der Waals surface area contributed by atoms with Crippen molar-refractivity contribution in [2.75, 3.05) is 20.6 Å². The maximum atomic E-state index is 12.3. The lowest BCUT2D eigenvalue weighted by molar-refractivity contribution is -0.148. The minimum atomic E-state index is -1.21. The molecule has 8 nitrogen and oxygen atoms in total. The van der Waals surface area contributed by atoms with Gasteiger partial charge in [-0.1, -0.05) is 24.3 Å². The highest BCUT2D eigenvalue weighted by molar-refractivity contribution is 5.99. The number of ether oxygens (including phenoxy) is 1. The summed E-state index contributed by atoms with van der Waals surface area (Å²) in [6, 6.07) is 6.83. The minimum absolute atomic E-state index is 0.0418. The van der Waals surface area contributed by atoms with Gasteiger partial charge < -0.3 is 25.2 Å². The number of rotatable bonds is 7. The van der Waals surface area contributed by atoms with Crippen LogP contribution in [0.1, 0.15) is 44.7 Å². The van der Waals surface area contributed by atoms with Gasteiger partial charge >= 0.3 is 17.9 Å². The molecule has 1 aliphatic rings. The fourth-order valence-corrected chi connectivity index (χ4v) is 3.60. The lowest BCUT2D eigenvalue weighted by atomic mass is 9.78. The second kappa shape index (κ2) is 9.82. The van der Waals surface area contributed by atoms with Crippen LogP contribution < -0.4 is 5.32 Å². The maximum Gasteiger partial charge on any atom is 0.334 e. The molecule has 1 heterocycles. The monoisotopic (exact) mass is 442 g/mol. The molecule has 0 fully saturated rings. The van der Waals surface area contributed by atoms with Gasteiger partial charge in [-0.25, -0.2) is 14.4 Å². The number of benzene rings is 1. The highest BCUT2D eigenvalue weighted by atomic mass is 16.6. The van der Waals surface area contributed by atoms with E-state index in [9.17, 15) is 24.6 Å². The topological polar surface area (TPSA) is 116 Å². The molecule has 1 atom stereocenters. The van der Waals surface area contributed by atoms with Crippen LogP contribution in [0, 0.1) is 0 Å². The standard InChI is InChI=1S/C24H30N2O6/c1-14-19(22(28)29)20(21(23(30)31)17(25-14)13-26(5)6)16-10-8-7-9-15(16)11-12-18(27)32-24(2,3)4/h7-12,20,25H,13H2,1-6H3,(H,28,29)(H,30,31)/t20-/m0/s1. The minimum Gasteiger partial charge on any atom is -0.478 e. The van der Waals surface area contributed by atoms with E-state index in [1.807, 2.05) is 0 Å². The molecule has 0 unspecified atom stereocenters. The molecule has 0 radical (unpaired) electrons. The van der Waals surface area contributed by atoms with Gasteiger partial charge in [0.15, 0.2) is 0 Å². The van der Waals surface area contributed by atoms with Gasteiger partial charge in [0.2, 0.25) is 0 Å². The Kier molecular flexibility index (Phi) is 7.64. The average molecular weight is 443 g/mol. The Hall–Kier alpha value is -3.39. The van der Waals surface area contributed by atoms with E-state index in [-0.39, 0.29) is 17.7 Å². The number of allylic oxidation sites excluding steroid dienone is 1. The Morgan fingerprint density at radius 2 is 1.69 bits per heavy atom. The van der Waals surface area contributed by atoms with Crippen LogP contribution >= 0.6 is 0 Å². The zero-order chi connectivity index (χ0) is 24.2. The van der Waals surface area contributed by atoms with Gasteiger partial charge in [0.1, 0.15) is 5.60 Å². The molecule has 172 valence electrons. The first-order valence-electron chi connectivity index (χ1n) is 10.1. The number of aliphatic carboxylic acids is 2. The van der Waals surface area contributed by atoms with Crippen LogP contribution in [0.2, 0.25) is 0 Å². The first kappa shape index (κ1) is 24.9. The molecular formula is C24H30N2O6. The van der Waals surface area contributed by atoms with Crippen molar-refractivity contribution >= 4 is 24.0 Å². The summed E-state index contributed by atoms with van der Waals surface area (Å²) in [5.41, 5.74) is 1.03. The molecule has 0 amide bonds. The van der Waals surface area contributed by atoms with E-state index in [0.717, 1.165) is 0 Å². The average Bonchev–Trinajstić information content (AvgIpc) is 2.63. The van der Waals surface area contributed by atoms with Crippen molar-refractivity contribution in [1.82, 2.24) is 10.2 Å². The van der Waals surface area contributed by atoms with Gasteiger partial charge in [0.25, 0.3) is 0 Å². The third-order valence-corrected chi connectivity index (χ3v) is 4.69. The lowest BCUT2D eigenvalue weighted by Crippen LogP contribution is -2.36. The molecular weight excluding hydrogens is 412 g/mol. The molecule has 0 saturated carbocycles. The molecule has 3 N–H and O–H groups in total. The zero-order valence-electron chi connectivity index (χ0n) is 19.2. The summed E-state index contributed by atoms with van der Waals surface area (Å²) < 4.78 is 5.29. The van der Waals surface area contributed by atoms with Crippen molar-refractivity contribution < 1.29 is 29.3 Å². The fraction of sp³-hybridized carbons (Fsp3) is 0.375. The van der Waals surface area contributed by atoms with Crippen LogP contribution in [0.3, 0.4) is 0 Å². The first-order valence-corrected chi connectivity index (χ1v) is 10.1. The van der Waals surface area contributed by atoms with Gasteiger partial charge in [-0.15, -0.1) is 0 Å². The number of likely N-dealkylation sites (N-methyl/N-ethyl adjacent to an activating group) is 1. The Morgan fingerprint density at radius 1 is 1.09 bits per heavy atom. The van der Waals surface area contributed by atoms with Crippen LogP contribution in [-0.2, 0) is 19.1 Å². The predicted molar refractivity (Wildman–Crippen MR) is 121 cm³/mol. The van der Waals surface area contributed by atoms with Gasteiger partial charge in [0.05, 0.1) is 17.1 Å². The Morgan fingerprint density at radius 3 is 2.22 bits per heavy atom. The summed E-state index contributed by atoms with van der Waals surface area (Å²) in [5, 5.41) is 22.9. The van der Waals surface area contributed by atoms with E-state index in [1.54, 1.807) is 71.0 Å². The summed E-state index contributed by atoms with van der Waals surface area (Å²) in [7, 11) is 3.60. The van der Waals surface area contributed by atoms with Crippen LogP contribution in [0.5, 0.6) is 0 Å². The maximum absolute atomic E-state index is 12.3. The summed E-state index contributed by atoms with van der Waals surface area (Å²) in [6.07, 6.45) is 2.78. The summed E-state index contributed by atoms with van der Waals surface area (Å²) in [4.78, 5) is 38.4. The van der Waals surface area contributed by atoms with Crippen LogP contribution in [0.15, 0.2) is 52.9 Å². The van der Waals surface area contributed by atoms with Crippen molar-refractivity contribution in [3.8, 4) is 0 Å². The van der Waals surface area contributed by atoms with Crippen molar-refractivity contribution in [3.63, 3.8) is 0 Å². The highest BCUT2D eigenvalue weighted by Gasteiger charge is 2.38. The normalized spacial score (nSPS) is 17.0. The molecule has 2 rings (SSSR count). The fourth-order valence-electron chi connectivity index (χ4n) is 3.60. The number of carbonyl (C=O) groups excluding carboxylic acids is 1. The first-order chi connectivity index (χ1) is 14.8. The van der Waals surface area contributed by atoms with E-state index >= 15 is 0 Å². The number of nitrogens with zero attached hydrogens (tertiary/aromatic N) is 1. The number of carboxylic acids is 2. The number of hydrogen-bond donors (Lipinski definition) is 3. The smallest absolute Gasteiger partial charge is 0.334 e. The Balaban J connectivity index is 2.66. The van der Waals surface area contributed by atoms with E-state index < -0.39 is 29.4 Å². The molecule has 1 aromatic rings. The molecule has 0 aliphatic carbocycles. The second-order valence-electron chi connectivity index (χ2n) is 8.83. The summed E-state index contributed by atoms with van der Waals surface area (Å²) in [5.74, 6) is -4.00. The lowest BCUT2D eigenvalue weighted by Gasteiger charge is -2.31. The van der Waals surface area contributed by atoms with E-state index in [4.69, 9.17) is 4.74 Å². The van der Waals surface area contributed by atoms with Gasteiger partial charge in [-0.3, -0.25) is 0 Å². The molecule has 32 heavy (non-hydrogen) atoms. The molecule has 0 aromatic heterocycles. The van der Waals surface area contributed by atoms with Crippen molar-refractivity contribution in [2.45, 2.75) is 39.2 Å². The third-order valence-electron chi connectivity index (χ3n) is 4.69. The molecule has 1 aliphatic heterocycles. The van der Waals surface area contributed by atoms with Gasteiger partial charge in [0, 0.05) is 24.0 Å². The highest BCUT2D eigenvalue weighted by Crippen LogP contribution is 2.40. The number of dihydropyridines is 1. The SMILES string of the molecule is CC1=C(C(=O)O)[C@H](c2ccccc2C=CC(=O)OC(C)(C)C)C(C(=O)O)=C(CN(C)C)N1. The summed E-state index contributed by atoms with van der Waals surface area (Å²) >= 11 is 0. The molecule has 0 bridgehead atoms. The van der Waals surface area contributed by atoms with Gasteiger partial charge in [-0.05, 0) is 59.0 Å². The largest absolute Gasteiger partial charge is 0.478 e. The number of carbonyl (C=O) groups is 3. The van der Waals surface area contributed by atoms with Crippen molar-refractivity contribution in [1.29, 1.82) is 0 Å². The van der Waals surface area contributed by atoms with Crippen LogP contribution in [0.4, 0.5) is 0 Å². The van der Waals surface area contributed by atoms with Crippen molar-refractivity contribution in [2.24, 2.45) is 0 Å². The molecule has 8 heteroatoms. The number of carboxylic acid groups (broad SMARTS) is 2. The van der Waals surface area contributed by atoms with Crippen molar-refractivity contribution in [3.05, 3.63) is 64.0 Å². The number of hydrogen-bond acceptors (Lipinski definition) is 6. The number of nitrogens with one attached hydrogen (secondary N) is 1. The Bertz CT molecular complexity index is 1010. The quantitative estimate of drug-likeness (QED) is 0.436. The van der Waals surface area contributed by atoms with E-state index in [0.29, 0.717) is 22.5 Å². The van der Waals surface area contributed by atoms with Crippen LogP contribution in [0.25, 0.3) is 6.08 Å². The zero-order valence-corrected chi connectivity index (χ0v) is 19.2. The predicted octanol–water partition coefficient (Wildman–Crippen LogP) is 2.99. The summed E-state index contributed by atoms with van der Waals surface area (Å²) in [6.45, 7) is 7.17. The van der Waals surface area contributed by atoms with Gasteiger partial charge in [-0.2, -0.15) is 0 Å². The number of esters is 1. The Labute approximate surface area is 187 Å².